The van der Waals surface area contributed by atoms with Gasteiger partial charge in [0.15, 0.2) is 0 Å². The topological polar surface area (TPSA) is 3.24 Å². The third-order valence-electron chi connectivity index (χ3n) is 3.40. The minimum Gasteiger partial charge on any atom is -0.375 e. The monoisotopic (exact) mass is 237 g/mol. The van der Waals surface area contributed by atoms with Gasteiger partial charge in [-0.25, -0.2) is 0 Å². The molecular formula is C14H20ClN. The van der Waals surface area contributed by atoms with E-state index in [1.54, 1.807) is 11.1 Å². The van der Waals surface area contributed by atoms with Gasteiger partial charge in [0.05, 0.1) is 0 Å². The molecule has 2 rings (SSSR count). The maximum absolute atomic E-state index is 5.72. The van der Waals surface area contributed by atoms with Crippen molar-refractivity contribution in [2.24, 2.45) is 0 Å². The summed E-state index contributed by atoms with van der Waals surface area (Å²) in [5.41, 5.74) is 4.45. The summed E-state index contributed by atoms with van der Waals surface area (Å²) in [4.78, 5) is 2.30. The number of benzene rings is 1. The van der Waals surface area contributed by atoms with Crippen LogP contribution < -0.4 is 4.90 Å². The highest BCUT2D eigenvalue weighted by molar-refractivity contribution is 6.17. The smallest absolute Gasteiger partial charge is 0.0366 e. The number of halogens is 1. The number of hydrogen-bond acceptors (Lipinski definition) is 1. The molecule has 0 saturated carbocycles. The maximum atomic E-state index is 5.72. The lowest BCUT2D eigenvalue weighted by atomic mass is 9.91. The second kappa shape index (κ2) is 5.58. The number of aryl methyl sites for hydroxylation is 2. The van der Waals surface area contributed by atoms with Crippen LogP contribution in [0.4, 0.5) is 5.69 Å². The molecule has 0 aliphatic heterocycles. The third kappa shape index (κ3) is 2.70. The van der Waals surface area contributed by atoms with Crippen molar-refractivity contribution in [3.63, 3.8) is 0 Å². The van der Waals surface area contributed by atoms with Crippen molar-refractivity contribution in [3.8, 4) is 0 Å². The second-order valence-corrected chi connectivity index (χ2v) is 5.00. The van der Waals surface area contributed by atoms with E-state index in [0.29, 0.717) is 0 Å². The van der Waals surface area contributed by atoms with Gasteiger partial charge in [-0.2, -0.15) is 0 Å². The molecular weight excluding hydrogens is 218 g/mol. The molecule has 0 saturated heterocycles. The zero-order valence-electron chi connectivity index (χ0n) is 10.0. The van der Waals surface area contributed by atoms with Gasteiger partial charge in [-0.15, -0.1) is 11.6 Å². The molecule has 0 unspecified atom stereocenters. The van der Waals surface area contributed by atoms with Gasteiger partial charge in [0.2, 0.25) is 0 Å². The van der Waals surface area contributed by atoms with Crippen LogP contribution in [-0.2, 0) is 12.8 Å². The number of hydrogen-bond donors (Lipinski definition) is 0. The summed E-state index contributed by atoms with van der Waals surface area (Å²) in [5.74, 6) is 0.745. The lowest BCUT2D eigenvalue weighted by molar-refractivity contribution is 0.685. The highest BCUT2D eigenvalue weighted by Crippen LogP contribution is 2.25. The third-order valence-corrected chi connectivity index (χ3v) is 3.67. The van der Waals surface area contributed by atoms with Crippen molar-refractivity contribution in [2.45, 2.75) is 32.1 Å². The molecule has 0 N–H and O–H groups in total. The fourth-order valence-corrected chi connectivity index (χ4v) is 2.50. The molecule has 1 aromatic rings. The van der Waals surface area contributed by atoms with Gasteiger partial charge in [0.25, 0.3) is 0 Å². The molecule has 88 valence electrons. The Bertz CT molecular complexity index is 349. The second-order valence-electron chi connectivity index (χ2n) is 4.62. The Morgan fingerprint density at radius 1 is 1.19 bits per heavy atom. The first kappa shape index (κ1) is 11.8. The van der Waals surface area contributed by atoms with E-state index in [-0.39, 0.29) is 0 Å². The molecule has 16 heavy (non-hydrogen) atoms. The molecule has 1 aromatic carbocycles. The minimum atomic E-state index is 0.745. The van der Waals surface area contributed by atoms with Crippen LogP contribution in [-0.4, -0.2) is 19.5 Å². The average molecular weight is 238 g/mol. The van der Waals surface area contributed by atoms with Crippen molar-refractivity contribution in [1.29, 1.82) is 0 Å². The largest absolute Gasteiger partial charge is 0.375 e. The quantitative estimate of drug-likeness (QED) is 0.723. The van der Waals surface area contributed by atoms with Gasteiger partial charge in [-0.1, -0.05) is 6.07 Å². The van der Waals surface area contributed by atoms with E-state index in [1.807, 2.05) is 0 Å². The van der Waals surface area contributed by atoms with Crippen LogP contribution in [0.15, 0.2) is 18.2 Å². The summed E-state index contributed by atoms with van der Waals surface area (Å²) < 4.78 is 0. The lowest BCUT2D eigenvalue weighted by Gasteiger charge is -2.22. The summed E-state index contributed by atoms with van der Waals surface area (Å²) in [7, 11) is 2.15. The zero-order valence-corrected chi connectivity index (χ0v) is 10.8. The summed E-state index contributed by atoms with van der Waals surface area (Å²) in [6.07, 6.45) is 6.28. The summed E-state index contributed by atoms with van der Waals surface area (Å²) in [6, 6.07) is 6.92. The molecule has 0 atom stereocenters. The van der Waals surface area contributed by atoms with E-state index in [0.717, 1.165) is 18.8 Å². The molecule has 0 amide bonds. The number of anilines is 1. The van der Waals surface area contributed by atoms with E-state index in [1.165, 1.54) is 31.4 Å². The van der Waals surface area contributed by atoms with Crippen molar-refractivity contribution in [1.82, 2.24) is 0 Å². The fraction of sp³-hybridized carbons (Fsp3) is 0.571. The normalized spacial score (nSPS) is 14.6. The first-order chi connectivity index (χ1) is 7.81. The highest BCUT2D eigenvalue weighted by Gasteiger charge is 2.10. The van der Waals surface area contributed by atoms with Gasteiger partial charge >= 0.3 is 0 Å². The van der Waals surface area contributed by atoms with E-state index in [2.05, 4.69) is 30.1 Å². The Kier molecular flexibility index (Phi) is 4.11. The summed E-state index contributed by atoms with van der Waals surface area (Å²) in [6.45, 7) is 1.04. The van der Waals surface area contributed by atoms with Gasteiger partial charge in [-0.3, -0.25) is 0 Å². The number of nitrogens with zero attached hydrogens (tertiary/aromatic N) is 1. The molecule has 0 spiro atoms. The molecule has 0 radical (unpaired) electrons. The van der Waals surface area contributed by atoms with Gasteiger partial charge < -0.3 is 4.90 Å². The predicted molar refractivity (Wildman–Crippen MR) is 71.7 cm³/mol. The van der Waals surface area contributed by atoms with Crippen LogP contribution >= 0.6 is 11.6 Å². The first-order valence-corrected chi connectivity index (χ1v) is 6.73. The molecule has 0 heterocycles. The van der Waals surface area contributed by atoms with E-state index < -0.39 is 0 Å². The number of alkyl halides is 1. The Labute approximate surface area is 103 Å². The van der Waals surface area contributed by atoms with Crippen LogP contribution in [0.1, 0.15) is 30.4 Å². The minimum absolute atomic E-state index is 0.745. The lowest BCUT2D eigenvalue weighted by Crippen LogP contribution is -2.19. The standard InChI is InChI=1S/C14H20ClN/c1-16(10-4-9-15)14-8-7-12-5-2-3-6-13(12)11-14/h7-8,11H,2-6,9-10H2,1H3. The predicted octanol–water partition coefficient (Wildman–Crippen LogP) is 3.63. The van der Waals surface area contributed by atoms with Gasteiger partial charge in [0.1, 0.15) is 0 Å². The molecule has 2 heteroatoms. The SMILES string of the molecule is CN(CCCCl)c1ccc2c(c1)CCCC2. The Hall–Kier alpha value is -0.690. The molecule has 1 nitrogen and oxygen atoms in total. The Balaban J connectivity index is 2.10. The van der Waals surface area contributed by atoms with Crippen LogP contribution in [0.25, 0.3) is 0 Å². The van der Waals surface area contributed by atoms with E-state index in [4.69, 9.17) is 11.6 Å². The highest BCUT2D eigenvalue weighted by atomic mass is 35.5. The molecule has 0 aromatic heterocycles. The van der Waals surface area contributed by atoms with Crippen LogP contribution in [0.3, 0.4) is 0 Å². The first-order valence-electron chi connectivity index (χ1n) is 6.20. The summed E-state index contributed by atoms with van der Waals surface area (Å²) >= 11 is 5.72. The molecule has 0 bridgehead atoms. The van der Waals surface area contributed by atoms with Crippen molar-refractivity contribution < 1.29 is 0 Å². The summed E-state index contributed by atoms with van der Waals surface area (Å²) in [5, 5.41) is 0. The van der Waals surface area contributed by atoms with Crippen molar-refractivity contribution in [3.05, 3.63) is 29.3 Å². The van der Waals surface area contributed by atoms with Gasteiger partial charge in [0, 0.05) is 25.2 Å². The number of rotatable bonds is 4. The average Bonchev–Trinajstić information content (AvgIpc) is 2.35. The number of fused-ring (bicyclic) bond motifs is 1. The molecule has 1 aliphatic rings. The Morgan fingerprint density at radius 3 is 2.69 bits per heavy atom. The van der Waals surface area contributed by atoms with Gasteiger partial charge in [-0.05, 0) is 55.4 Å². The van der Waals surface area contributed by atoms with Crippen LogP contribution in [0.2, 0.25) is 0 Å². The molecule has 1 aliphatic carbocycles. The van der Waals surface area contributed by atoms with E-state index in [9.17, 15) is 0 Å². The Morgan fingerprint density at radius 2 is 1.94 bits per heavy atom. The van der Waals surface area contributed by atoms with Crippen LogP contribution in [0, 0.1) is 0 Å². The van der Waals surface area contributed by atoms with Crippen molar-refractivity contribution >= 4 is 17.3 Å². The fourth-order valence-electron chi connectivity index (χ4n) is 2.38. The van der Waals surface area contributed by atoms with E-state index >= 15 is 0 Å². The zero-order chi connectivity index (χ0) is 11.4. The van der Waals surface area contributed by atoms with Crippen LogP contribution in [0.5, 0.6) is 0 Å². The molecule has 0 fully saturated rings. The maximum Gasteiger partial charge on any atom is 0.0366 e. The van der Waals surface area contributed by atoms with Crippen molar-refractivity contribution in [2.75, 3.05) is 24.4 Å².